The summed E-state index contributed by atoms with van der Waals surface area (Å²) in [5.41, 5.74) is 2.50. The first-order valence-electron chi connectivity index (χ1n) is 6.88. The Labute approximate surface area is 108 Å². The van der Waals surface area contributed by atoms with E-state index < -0.39 is 0 Å². The van der Waals surface area contributed by atoms with E-state index in [9.17, 15) is 0 Å². The van der Waals surface area contributed by atoms with Gasteiger partial charge in [-0.3, -0.25) is 4.68 Å². The molecule has 1 N–H and O–H groups in total. The van der Waals surface area contributed by atoms with Crippen LogP contribution in [0.15, 0.2) is 24.3 Å². The lowest BCUT2D eigenvalue weighted by atomic mass is 9.91. The summed E-state index contributed by atoms with van der Waals surface area (Å²) in [6.07, 6.45) is 3.70. The van der Waals surface area contributed by atoms with Crippen molar-refractivity contribution in [2.45, 2.75) is 32.2 Å². The van der Waals surface area contributed by atoms with Gasteiger partial charge in [0.05, 0.1) is 11.2 Å². The zero-order chi connectivity index (χ0) is 12.5. The average molecular weight is 243 g/mol. The molecule has 96 valence electrons. The van der Waals surface area contributed by atoms with Crippen LogP contribution in [-0.2, 0) is 13.5 Å². The van der Waals surface area contributed by atoms with E-state index in [4.69, 9.17) is 5.10 Å². The van der Waals surface area contributed by atoms with Crippen LogP contribution < -0.4 is 5.32 Å². The summed E-state index contributed by atoms with van der Waals surface area (Å²) in [5.74, 6) is 0.736. The van der Waals surface area contributed by atoms with Gasteiger partial charge in [0.15, 0.2) is 0 Å². The van der Waals surface area contributed by atoms with Crippen LogP contribution in [0.4, 0.5) is 0 Å². The van der Waals surface area contributed by atoms with Crippen molar-refractivity contribution in [2.75, 3.05) is 6.54 Å². The average Bonchev–Trinajstić information content (AvgIpc) is 2.70. The number of para-hydroxylation sites is 1. The minimum absolute atomic E-state index is 0.682. The van der Waals surface area contributed by atoms with Gasteiger partial charge in [0.25, 0.3) is 0 Å². The summed E-state index contributed by atoms with van der Waals surface area (Å²) in [5, 5.41) is 9.58. The molecule has 0 spiro atoms. The molecular formula is C15H21N3. The summed E-state index contributed by atoms with van der Waals surface area (Å²) in [4.78, 5) is 0. The van der Waals surface area contributed by atoms with Gasteiger partial charge in [-0.2, -0.15) is 5.10 Å². The van der Waals surface area contributed by atoms with Crippen molar-refractivity contribution in [2.24, 2.45) is 13.0 Å². The van der Waals surface area contributed by atoms with Gasteiger partial charge in [0, 0.05) is 18.5 Å². The number of nitrogens with one attached hydrogen (secondary N) is 1. The van der Waals surface area contributed by atoms with E-state index in [1.165, 1.54) is 29.4 Å². The van der Waals surface area contributed by atoms with Gasteiger partial charge in [-0.15, -0.1) is 0 Å². The quantitative estimate of drug-likeness (QED) is 0.878. The van der Waals surface area contributed by atoms with Gasteiger partial charge < -0.3 is 5.32 Å². The van der Waals surface area contributed by atoms with E-state index in [0.29, 0.717) is 6.04 Å². The van der Waals surface area contributed by atoms with Crippen LogP contribution in [0.5, 0.6) is 0 Å². The summed E-state index contributed by atoms with van der Waals surface area (Å²) in [6.45, 7) is 3.40. The normalized spacial score (nSPS) is 24.6. The van der Waals surface area contributed by atoms with E-state index in [-0.39, 0.29) is 0 Å². The van der Waals surface area contributed by atoms with Crippen LogP contribution in [0.3, 0.4) is 0 Å². The maximum atomic E-state index is 4.69. The highest BCUT2D eigenvalue weighted by molar-refractivity contribution is 5.81. The number of hydrogen-bond acceptors (Lipinski definition) is 2. The topological polar surface area (TPSA) is 29.9 Å². The SMILES string of the molecule is CC1CCC(Cc2nn(C)c3ccccc23)CN1. The Balaban J connectivity index is 1.82. The summed E-state index contributed by atoms with van der Waals surface area (Å²) < 4.78 is 2.00. The highest BCUT2D eigenvalue weighted by Gasteiger charge is 2.20. The molecule has 1 aromatic heterocycles. The van der Waals surface area contributed by atoms with Crippen molar-refractivity contribution in [1.82, 2.24) is 15.1 Å². The zero-order valence-corrected chi connectivity index (χ0v) is 11.2. The van der Waals surface area contributed by atoms with Crippen molar-refractivity contribution >= 4 is 10.9 Å². The number of aryl methyl sites for hydroxylation is 1. The number of hydrogen-bond donors (Lipinski definition) is 1. The number of fused-ring (bicyclic) bond motifs is 1. The predicted octanol–water partition coefficient (Wildman–Crippen LogP) is 2.50. The third kappa shape index (κ3) is 2.15. The molecule has 18 heavy (non-hydrogen) atoms. The van der Waals surface area contributed by atoms with Crippen LogP contribution in [0.25, 0.3) is 10.9 Å². The summed E-state index contributed by atoms with van der Waals surface area (Å²) in [7, 11) is 2.03. The second-order valence-corrected chi connectivity index (χ2v) is 5.54. The van der Waals surface area contributed by atoms with Crippen LogP contribution in [0, 0.1) is 5.92 Å². The van der Waals surface area contributed by atoms with Crippen molar-refractivity contribution in [3.8, 4) is 0 Å². The zero-order valence-electron chi connectivity index (χ0n) is 11.2. The van der Waals surface area contributed by atoms with Crippen LogP contribution in [0.2, 0.25) is 0 Å². The first-order chi connectivity index (χ1) is 8.74. The molecule has 3 heteroatoms. The molecule has 1 aromatic carbocycles. The molecule has 0 saturated carbocycles. The van der Waals surface area contributed by atoms with E-state index in [1.54, 1.807) is 0 Å². The maximum Gasteiger partial charge on any atom is 0.0706 e. The molecule has 0 aliphatic carbocycles. The monoisotopic (exact) mass is 243 g/mol. The molecule has 2 aromatic rings. The molecule has 1 saturated heterocycles. The summed E-state index contributed by atoms with van der Waals surface area (Å²) in [6, 6.07) is 9.21. The molecule has 0 amide bonds. The highest BCUT2D eigenvalue weighted by Crippen LogP contribution is 2.23. The molecule has 1 aliphatic rings. The highest BCUT2D eigenvalue weighted by atomic mass is 15.3. The number of rotatable bonds is 2. The second-order valence-electron chi connectivity index (χ2n) is 5.54. The molecular weight excluding hydrogens is 222 g/mol. The summed E-state index contributed by atoms with van der Waals surface area (Å²) >= 11 is 0. The van der Waals surface area contributed by atoms with Crippen LogP contribution in [0.1, 0.15) is 25.5 Å². The minimum atomic E-state index is 0.682. The third-order valence-electron chi connectivity index (χ3n) is 4.08. The van der Waals surface area contributed by atoms with E-state index in [0.717, 1.165) is 18.9 Å². The molecule has 3 nitrogen and oxygen atoms in total. The fraction of sp³-hybridized carbons (Fsp3) is 0.533. The second kappa shape index (κ2) is 4.73. The fourth-order valence-corrected chi connectivity index (χ4v) is 2.94. The van der Waals surface area contributed by atoms with Crippen LogP contribution in [-0.4, -0.2) is 22.4 Å². The third-order valence-corrected chi connectivity index (χ3v) is 4.08. The van der Waals surface area contributed by atoms with Crippen molar-refractivity contribution in [3.05, 3.63) is 30.0 Å². The number of benzene rings is 1. The maximum absolute atomic E-state index is 4.69. The van der Waals surface area contributed by atoms with Gasteiger partial charge in [-0.25, -0.2) is 0 Å². The van der Waals surface area contributed by atoms with Crippen molar-refractivity contribution < 1.29 is 0 Å². The van der Waals surface area contributed by atoms with Gasteiger partial charge in [0.1, 0.15) is 0 Å². The smallest absolute Gasteiger partial charge is 0.0706 e. The molecule has 0 radical (unpaired) electrons. The number of nitrogens with zero attached hydrogens (tertiary/aromatic N) is 2. The fourth-order valence-electron chi connectivity index (χ4n) is 2.94. The Morgan fingerprint density at radius 1 is 1.33 bits per heavy atom. The largest absolute Gasteiger partial charge is 0.314 e. The van der Waals surface area contributed by atoms with E-state index in [2.05, 4.69) is 36.5 Å². The molecule has 1 aliphatic heterocycles. The first-order valence-corrected chi connectivity index (χ1v) is 6.88. The van der Waals surface area contributed by atoms with Crippen molar-refractivity contribution in [1.29, 1.82) is 0 Å². The van der Waals surface area contributed by atoms with Gasteiger partial charge >= 0.3 is 0 Å². The van der Waals surface area contributed by atoms with Crippen LogP contribution >= 0.6 is 0 Å². The predicted molar refractivity (Wildman–Crippen MR) is 74.6 cm³/mol. The molecule has 2 atom stereocenters. The minimum Gasteiger partial charge on any atom is -0.314 e. The van der Waals surface area contributed by atoms with Gasteiger partial charge in [-0.1, -0.05) is 18.2 Å². The van der Waals surface area contributed by atoms with Gasteiger partial charge in [-0.05, 0) is 44.7 Å². The Morgan fingerprint density at radius 2 is 2.17 bits per heavy atom. The first kappa shape index (κ1) is 11.7. The molecule has 3 rings (SSSR count). The lowest BCUT2D eigenvalue weighted by molar-refractivity contribution is 0.320. The molecule has 2 unspecified atom stereocenters. The molecule has 0 bridgehead atoms. The lowest BCUT2D eigenvalue weighted by Crippen LogP contribution is -2.37. The Morgan fingerprint density at radius 3 is 2.94 bits per heavy atom. The van der Waals surface area contributed by atoms with Crippen molar-refractivity contribution in [3.63, 3.8) is 0 Å². The molecule has 1 fully saturated rings. The Bertz CT molecular complexity index is 536. The lowest BCUT2D eigenvalue weighted by Gasteiger charge is -2.27. The van der Waals surface area contributed by atoms with E-state index in [1.807, 2.05) is 11.7 Å². The Hall–Kier alpha value is -1.35. The van der Waals surface area contributed by atoms with E-state index >= 15 is 0 Å². The molecule has 2 heterocycles. The standard InChI is InChI=1S/C15H21N3/c1-11-7-8-12(10-16-11)9-14-13-5-3-4-6-15(13)18(2)17-14/h3-6,11-12,16H,7-10H2,1-2H3. The number of aromatic nitrogens is 2. The van der Waals surface area contributed by atoms with Gasteiger partial charge in [0.2, 0.25) is 0 Å². The number of piperidine rings is 1. The Kier molecular flexibility index (Phi) is 3.08.